The molecule has 0 unspecified atom stereocenters. The number of hydrogen-bond donors (Lipinski definition) is 1. The monoisotopic (exact) mass is 165 g/mol. The van der Waals surface area contributed by atoms with Crippen molar-refractivity contribution in [3.63, 3.8) is 0 Å². The lowest BCUT2D eigenvalue weighted by atomic mass is 10.3. The summed E-state index contributed by atoms with van der Waals surface area (Å²) in [4.78, 5) is 6.18. The molecule has 3 nitrogen and oxygen atoms in total. The Morgan fingerprint density at radius 1 is 1.50 bits per heavy atom. The Kier molecular flexibility index (Phi) is 2.91. The molecule has 0 spiro atoms. The number of anilines is 2. The van der Waals surface area contributed by atoms with Crippen LogP contribution in [0.1, 0.15) is 13.3 Å². The summed E-state index contributed by atoms with van der Waals surface area (Å²) in [5, 5.41) is 0. The van der Waals surface area contributed by atoms with Gasteiger partial charge in [0.1, 0.15) is 5.82 Å². The third-order valence-electron chi connectivity index (χ3n) is 1.77. The highest BCUT2D eigenvalue weighted by Gasteiger charge is 1.98. The number of rotatable bonds is 3. The van der Waals surface area contributed by atoms with E-state index in [1.807, 2.05) is 12.1 Å². The van der Waals surface area contributed by atoms with Crippen LogP contribution in [-0.4, -0.2) is 18.6 Å². The lowest BCUT2D eigenvalue weighted by Crippen LogP contribution is -2.17. The molecule has 1 rings (SSSR count). The van der Waals surface area contributed by atoms with Crippen LogP contribution in [0.2, 0.25) is 0 Å². The first-order valence-corrected chi connectivity index (χ1v) is 4.16. The van der Waals surface area contributed by atoms with E-state index in [-0.39, 0.29) is 0 Å². The highest BCUT2D eigenvalue weighted by Crippen LogP contribution is 2.11. The quantitative estimate of drug-likeness (QED) is 0.738. The van der Waals surface area contributed by atoms with E-state index in [0.29, 0.717) is 5.82 Å². The Labute approximate surface area is 73.2 Å². The van der Waals surface area contributed by atoms with Gasteiger partial charge < -0.3 is 10.6 Å². The van der Waals surface area contributed by atoms with Crippen LogP contribution in [0.15, 0.2) is 18.3 Å². The minimum Gasteiger partial charge on any atom is -0.384 e. The van der Waals surface area contributed by atoms with Crippen LogP contribution < -0.4 is 10.6 Å². The zero-order chi connectivity index (χ0) is 8.97. The maximum Gasteiger partial charge on any atom is 0.123 e. The van der Waals surface area contributed by atoms with Gasteiger partial charge in [-0.25, -0.2) is 4.98 Å². The van der Waals surface area contributed by atoms with Crippen molar-refractivity contribution in [1.82, 2.24) is 4.98 Å². The Bertz CT molecular complexity index is 230. The molecule has 0 radical (unpaired) electrons. The third-order valence-corrected chi connectivity index (χ3v) is 1.77. The van der Waals surface area contributed by atoms with E-state index in [1.165, 1.54) is 0 Å². The molecular formula is C9H15N3. The summed E-state index contributed by atoms with van der Waals surface area (Å²) in [5.74, 6) is 0.573. The number of nitrogens with zero attached hydrogens (tertiary/aromatic N) is 2. The molecule has 1 aromatic heterocycles. The minimum absolute atomic E-state index is 0.573. The Morgan fingerprint density at radius 3 is 2.75 bits per heavy atom. The van der Waals surface area contributed by atoms with E-state index in [2.05, 4.69) is 23.9 Å². The van der Waals surface area contributed by atoms with Crippen molar-refractivity contribution in [1.29, 1.82) is 0 Å². The smallest absolute Gasteiger partial charge is 0.123 e. The van der Waals surface area contributed by atoms with Crippen LogP contribution in [0.4, 0.5) is 11.5 Å². The second kappa shape index (κ2) is 3.95. The SMILES string of the molecule is CCCN(C)c1ccc(N)nc1. The van der Waals surface area contributed by atoms with Gasteiger partial charge in [0, 0.05) is 13.6 Å². The summed E-state index contributed by atoms with van der Waals surface area (Å²) in [6, 6.07) is 3.81. The summed E-state index contributed by atoms with van der Waals surface area (Å²) >= 11 is 0. The standard InChI is InChI=1S/C9H15N3/c1-3-6-12(2)8-4-5-9(10)11-7-8/h4-5,7H,3,6H2,1-2H3,(H2,10,11). The largest absolute Gasteiger partial charge is 0.384 e. The predicted octanol–water partition coefficient (Wildman–Crippen LogP) is 1.51. The van der Waals surface area contributed by atoms with Crippen LogP contribution in [0.25, 0.3) is 0 Å². The number of pyridine rings is 1. The fourth-order valence-corrected chi connectivity index (χ4v) is 1.09. The third kappa shape index (κ3) is 2.12. The first-order chi connectivity index (χ1) is 5.74. The Balaban J connectivity index is 2.68. The molecule has 0 aliphatic heterocycles. The first kappa shape index (κ1) is 8.84. The van der Waals surface area contributed by atoms with Crippen molar-refractivity contribution < 1.29 is 0 Å². The zero-order valence-electron chi connectivity index (χ0n) is 7.62. The molecule has 0 aromatic carbocycles. The van der Waals surface area contributed by atoms with Gasteiger partial charge in [-0.2, -0.15) is 0 Å². The molecule has 12 heavy (non-hydrogen) atoms. The van der Waals surface area contributed by atoms with Gasteiger partial charge in [-0.05, 0) is 18.6 Å². The van der Waals surface area contributed by atoms with E-state index in [4.69, 9.17) is 5.73 Å². The van der Waals surface area contributed by atoms with Crippen molar-refractivity contribution in [2.45, 2.75) is 13.3 Å². The molecule has 0 amide bonds. The van der Waals surface area contributed by atoms with Crippen molar-refractivity contribution in [2.24, 2.45) is 0 Å². The van der Waals surface area contributed by atoms with Gasteiger partial charge in [-0.15, -0.1) is 0 Å². The molecule has 3 heteroatoms. The normalized spacial score (nSPS) is 9.83. The highest BCUT2D eigenvalue weighted by atomic mass is 15.1. The molecule has 1 heterocycles. The maximum absolute atomic E-state index is 5.47. The number of hydrogen-bond acceptors (Lipinski definition) is 3. The van der Waals surface area contributed by atoms with E-state index < -0.39 is 0 Å². The minimum atomic E-state index is 0.573. The lowest BCUT2D eigenvalue weighted by Gasteiger charge is -2.17. The van der Waals surface area contributed by atoms with Crippen LogP contribution in [0.3, 0.4) is 0 Å². The van der Waals surface area contributed by atoms with Crippen molar-refractivity contribution in [3.8, 4) is 0 Å². The zero-order valence-corrected chi connectivity index (χ0v) is 7.62. The van der Waals surface area contributed by atoms with Crippen LogP contribution in [0.5, 0.6) is 0 Å². The van der Waals surface area contributed by atoms with E-state index in [0.717, 1.165) is 18.7 Å². The molecule has 0 aliphatic rings. The fraction of sp³-hybridized carbons (Fsp3) is 0.444. The molecule has 0 bridgehead atoms. The average molecular weight is 165 g/mol. The van der Waals surface area contributed by atoms with Gasteiger partial charge in [0.05, 0.1) is 11.9 Å². The second-order valence-electron chi connectivity index (χ2n) is 2.86. The maximum atomic E-state index is 5.47. The van der Waals surface area contributed by atoms with Gasteiger partial charge in [-0.1, -0.05) is 6.92 Å². The highest BCUT2D eigenvalue weighted by molar-refractivity contribution is 5.47. The number of aromatic nitrogens is 1. The Morgan fingerprint density at radius 2 is 2.25 bits per heavy atom. The average Bonchev–Trinajstić information content (AvgIpc) is 2.06. The molecule has 0 aliphatic carbocycles. The second-order valence-corrected chi connectivity index (χ2v) is 2.86. The molecular weight excluding hydrogens is 150 g/mol. The topological polar surface area (TPSA) is 42.1 Å². The van der Waals surface area contributed by atoms with Crippen molar-refractivity contribution in [3.05, 3.63) is 18.3 Å². The summed E-state index contributed by atoms with van der Waals surface area (Å²) in [6.07, 6.45) is 2.94. The molecule has 2 N–H and O–H groups in total. The van der Waals surface area contributed by atoms with E-state index in [9.17, 15) is 0 Å². The van der Waals surface area contributed by atoms with Crippen molar-refractivity contribution in [2.75, 3.05) is 24.2 Å². The first-order valence-electron chi connectivity index (χ1n) is 4.16. The van der Waals surface area contributed by atoms with Gasteiger partial charge in [-0.3, -0.25) is 0 Å². The molecule has 66 valence electrons. The summed E-state index contributed by atoms with van der Waals surface area (Å²) < 4.78 is 0. The summed E-state index contributed by atoms with van der Waals surface area (Å²) in [5.41, 5.74) is 6.59. The van der Waals surface area contributed by atoms with Crippen LogP contribution in [-0.2, 0) is 0 Å². The van der Waals surface area contributed by atoms with Gasteiger partial charge in [0.15, 0.2) is 0 Å². The fourth-order valence-electron chi connectivity index (χ4n) is 1.09. The van der Waals surface area contributed by atoms with E-state index in [1.54, 1.807) is 6.20 Å². The number of nitrogen functional groups attached to an aromatic ring is 1. The van der Waals surface area contributed by atoms with Gasteiger partial charge >= 0.3 is 0 Å². The van der Waals surface area contributed by atoms with Crippen LogP contribution >= 0.6 is 0 Å². The molecule has 0 atom stereocenters. The lowest BCUT2D eigenvalue weighted by molar-refractivity contribution is 0.850. The Hall–Kier alpha value is -1.25. The molecule has 0 fully saturated rings. The summed E-state index contributed by atoms with van der Waals surface area (Å²) in [6.45, 7) is 3.20. The van der Waals surface area contributed by atoms with Crippen molar-refractivity contribution >= 4 is 11.5 Å². The van der Waals surface area contributed by atoms with Crippen LogP contribution in [0, 0.1) is 0 Å². The molecule has 0 saturated carbocycles. The van der Waals surface area contributed by atoms with Gasteiger partial charge in [0.2, 0.25) is 0 Å². The predicted molar refractivity (Wildman–Crippen MR) is 52.2 cm³/mol. The van der Waals surface area contributed by atoms with E-state index >= 15 is 0 Å². The summed E-state index contributed by atoms with van der Waals surface area (Å²) in [7, 11) is 2.05. The number of nitrogens with two attached hydrogens (primary N) is 1. The molecule has 1 aromatic rings. The van der Waals surface area contributed by atoms with Gasteiger partial charge in [0.25, 0.3) is 0 Å². The molecule has 0 saturated heterocycles.